The molecule has 0 amide bonds. The summed E-state index contributed by atoms with van der Waals surface area (Å²) in [6.45, 7) is 4.18. The average Bonchev–Trinajstić information content (AvgIpc) is 2.33. The summed E-state index contributed by atoms with van der Waals surface area (Å²) in [5.74, 6) is 0.342. The summed E-state index contributed by atoms with van der Waals surface area (Å²) in [6, 6.07) is 0. The Balaban J connectivity index is 2.21. The molecule has 0 aromatic carbocycles. The highest BCUT2D eigenvalue weighted by atomic mass is 16.5. The van der Waals surface area contributed by atoms with Gasteiger partial charge in [0.05, 0.1) is 13.0 Å². The smallest absolute Gasteiger partial charge is 0.308 e. The van der Waals surface area contributed by atoms with E-state index in [1.54, 1.807) is 6.08 Å². The van der Waals surface area contributed by atoms with Gasteiger partial charge in [-0.25, -0.2) is 0 Å². The van der Waals surface area contributed by atoms with Gasteiger partial charge in [-0.3, -0.25) is 9.59 Å². The van der Waals surface area contributed by atoms with Crippen molar-refractivity contribution in [3.05, 3.63) is 12.2 Å². The minimum Gasteiger partial charge on any atom is -0.469 e. The third kappa shape index (κ3) is 2.03. The van der Waals surface area contributed by atoms with Gasteiger partial charge in [0.15, 0.2) is 5.78 Å². The second kappa shape index (κ2) is 4.28. The number of ether oxygens (including phenoxy) is 1. The average molecular weight is 236 g/mol. The molecule has 0 bridgehead atoms. The zero-order valence-electron chi connectivity index (χ0n) is 10.7. The van der Waals surface area contributed by atoms with Gasteiger partial charge in [0.1, 0.15) is 0 Å². The van der Waals surface area contributed by atoms with Crippen molar-refractivity contribution in [1.82, 2.24) is 0 Å². The Bertz CT molecular complexity index is 372. The monoisotopic (exact) mass is 236 g/mol. The van der Waals surface area contributed by atoms with Gasteiger partial charge in [-0.15, -0.1) is 0 Å². The third-order valence-corrected chi connectivity index (χ3v) is 4.63. The van der Waals surface area contributed by atoms with Crippen LogP contribution in [-0.2, 0) is 14.3 Å². The zero-order valence-corrected chi connectivity index (χ0v) is 10.7. The van der Waals surface area contributed by atoms with Crippen LogP contribution in [0.1, 0.15) is 33.1 Å². The number of methoxy groups -OCH3 is 1. The summed E-state index contributed by atoms with van der Waals surface area (Å²) in [4.78, 5) is 23.3. The Kier molecular flexibility index (Phi) is 3.11. The fourth-order valence-corrected chi connectivity index (χ4v) is 3.35. The SMILES string of the molecule is COC(=O)C1CCC2(C)C=CC(=O)C(C)C2C1. The quantitative estimate of drug-likeness (QED) is 0.656. The first-order valence-corrected chi connectivity index (χ1v) is 6.29. The van der Waals surface area contributed by atoms with Crippen molar-refractivity contribution in [3.8, 4) is 0 Å². The number of fused-ring (bicyclic) bond motifs is 1. The number of carbonyl (C=O) groups is 2. The van der Waals surface area contributed by atoms with E-state index in [1.807, 2.05) is 13.0 Å². The molecule has 0 heterocycles. The Morgan fingerprint density at radius 1 is 1.53 bits per heavy atom. The van der Waals surface area contributed by atoms with E-state index in [2.05, 4.69) is 6.92 Å². The summed E-state index contributed by atoms with van der Waals surface area (Å²) >= 11 is 0. The molecular weight excluding hydrogens is 216 g/mol. The lowest BCUT2D eigenvalue weighted by Gasteiger charge is -2.46. The molecule has 1 saturated carbocycles. The van der Waals surface area contributed by atoms with Crippen LogP contribution in [0.3, 0.4) is 0 Å². The summed E-state index contributed by atoms with van der Waals surface area (Å²) in [6.07, 6.45) is 6.38. The van der Waals surface area contributed by atoms with Crippen LogP contribution in [0.15, 0.2) is 12.2 Å². The molecule has 2 aliphatic carbocycles. The normalized spacial score (nSPS) is 40.9. The number of hydrogen-bond donors (Lipinski definition) is 0. The zero-order chi connectivity index (χ0) is 12.6. The minimum atomic E-state index is -0.124. The summed E-state index contributed by atoms with van der Waals surface area (Å²) in [5.41, 5.74) is 0.0812. The fraction of sp³-hybridized carbons (Fsp3) is 0.714. The maximum atomic E-state index is 11.7. The van der Waals surface area contributed by atoms with Gasteiger partial charge in [-0.05, 0) is 36.7 Å². The number of hydrogen-bond acceptors (Lipinski definition) is 3. The van der Waals surface area contributed by atoms with E-state index in [9.17, 15) is 9.59 Å². The maximum absolute atomic E-state index is 11.7. The highest BCUT2D eigenvalue weighted by molar-refractivity contribution is 5.93. The number of carbonyl (C=O) groups excluding carboxylic acids is 2. The van der Waals surface area contributed by atoms with Crippen LogP contribution in [0.4, 0.5) is 0 Å². The second-order valence-electron chi connectivity index (χ2n) is 5.63. The van der Waals surface area contributed by atoms with Gasteiger partial charge < -0.3 is 4.74 Å². The van der Waals surface area contributed by atoms with E-state index >= 15 is 0 Å². The van der Waals surface area contributed by atoms with Crippen molar-refractivity contribution in [3.63, 3.8) is 0 Å². The lowest BCUT2D eigenvalue weighted by atomic mass is 9.57. The molecule has 0 radical (unpaired) electrons. The van der Waals surface area contributed by atoms with Crippen molar-refractivity contribution in [2.75, 3.05) is 7.11 Å². The highest BCUT2D eigenvalue weighted by Crippen LogP contribution is 2.50. The molecule has 2 aliphatic rings. The molecule has 3 heteroatoms. The Morgan fingerprint density at radius 3 is 2.88 bits per heavy atom. The van der Waals surface area contributed by atoms with Crippen LogP contribution in [0.5, 0.6) is 0 Å². The van der Waals surface area contributed by atoms with Gasteiger partial charge in [-0.2, -0.15) is 0 Å². The van der Waals surface area contributed by atoms with Gasteiger partial charge in [0.25, 0.3) is 0 Å². The summed E-state index contributed by atoms with van der Waals surface area (Å²) < 4.78 is 4.82. The molecule has 0 saturated heterocycles. The van der Waals surface area contributed by atoms with Gasteiger partial charge >= 0.3 is 5.97 Å². The van der Waals surface area contributed by atoms with Crippen molar-refractivity contribution < 1.29 is 14.3 Å². The molecule has 17 heavy (non-hydrogen) atoms. The van der Waals surface area contributed by atoms with E-state index in [0.717, 1.165) is 19.3 Å². The summed E-state index contributed by atoms with van der Waals surface area (Å²) in [7, 11) is 1.44. The van der Waals surface area contributed by atoms with Crippen molar-refractivity contribution in [2.45, 2.75) is 33.1 Å². The van der Waals surface area contributed by atoms with E-state index in [-0.39, 0.29) is 34.9 Å². The Morgan fingerprint density at radius 2 is 2.24 bits per heavy atom. The molecule has 4 unspecified atom stereocenters. The number of ketones is 1. The summed E-state index contributed by atoms with van der Waals surface area (Å²) in [5, 5.41) is 0. The van der Waals surface area contributed by atoms with Gasteiger partial charge in [-0.1, -0.05) is 19.9 Å². The first-order chi connectivity index (χ1) is 7.98. The largest absolute Gasteiger partial charge is 0.469 e. The molecule has 94 valence electrons. The van der Waals surface area contributed by atoms with Gasteiger partial charge in [0, 0.05) is 5.92 Å². The second-order valence-corrected chi connectivity index (χ2v) is 5.63. The predicted molar refractivity (Wildman–Crippen MR) is 64.3 cm³/mol. The molecule has 0 aliphatic heterocycles. The lowest BCUT2D eigenvalue weighted by Crippen LogP contribution is -2.43. The van der Waals surface area contributed by atoms with Crippen molar-refractivity contribution in [1.29, 1.82) is 0 Å². The Hall–Kier alpha value is -1.12. The maximum Gasteiger partial charge on any atom is 0.308 e. The van der Waals surface area contributed by atoms with Crippen LogP contribution >= 0.6 is 0 Å². The lowest BCUT2D eigenvalue weighted by molar-refractivity contribution is -0.149. The van der Waals surface area contributed by atoms with Crippen LogP contribution in [0, 0.1) is 23.2 Å². The van der Waals surface area contributed by atoms with Crippen molar-refractivity contribution >= 4 is 11.8 Å². The molecule has 0 aromatic heterocycles. The van der Waals surface area contributed by atoms with Crippen LogP contribution in [0.25, 0.3) is 0 Å². The van der Waals surface area contributed by atoms with Crippen LogP contribution < -0.4 is 0 Å². The molecule has 0 spiro atoms. The molecule has 3 nitrogen and oxygen atoms in total. The van der Waals surface area contributed by atoms with Gasteiger partial charge in [0.2, 0.25) is 0 Å². The molecule has 0 N–H and O–H groups in total. The molecule has 1 fully saturated rings. The molecule has 0 aromatic rings. The standard InChI is InChI=1S/C14H20O3/c1-9-11-8-10(13(16)17-3)4-6-14(11,2)7-5-12(9)15/h5,7,9-11H,4,6,8H2,1-3H3. The van der Waals surface area contributed by atoms with Crippen LogP contribution in [0.2, 0.25) is 0 Å². The van der Waals surface area contributed by atoms with E-state index in [1.165, 1.54) is 7.11 Å². The minimum absolute atomic E-state index is 0.0254. The van der Waals surface area contributed by atoms with E-state index in [4.69, 9.17) is 4.74 Å². The number of rotatable bonds is 1. The topological polar surface area (TPSA) is 43.4 Å². The van der Waals surface area contributed by atoms with Crippen molar-refractivity contribution in [2.24, 2.45) is 23.2 Å². The predicted octanol–water partition coefficient (Wildman–Crippen LogP) is 2.36. The Labute approximate surface area is 102 Å². The number of allylic oxidation sites excluding steroid dienone is 2. The van der Waals surface area contributed by atoms with E-state index in [0.29, 0.717) is 0 Å². The van der Waals surface area contributed by atoms with E-state index < -0.39 is 0 Å². The third-order valence-electron chi connectivity index (χ3n) is 4.63. The number of esters is 1. The molecule has 4 atom stereocenters. The first kappa shape index (κ1) is 12.3. The fourth-order valence-electron chi connectivity index (χ4n) is 3.35. The first-order valence-electron chi connectivity index (χ1n) is 6.29. The molecular formula is C14H20O3. The molecule has 2 rings (SSSR count). The highest BCUT2D eigenvalue weighted by Gasteiger charge is 2.46. The van der Waals surface area contributed by atoms with Crippen LogP contribution in [-0.4, -0.2) is 18.9 Å².